The van der Waals surface area contributed by atoms with Crippen molar-refractivity contribution in [3.05, 3.63) is 82.9 Å². The summed E-state index contributed by atoms with van der Waals surface area (Å²) in [5.74, 6) is 0.573. The Morgan fingerprint density at radius 2 is 1.21 bits per heavy atom. The van der Waals surface area contributed by atoms with E-state index in [4.69, 9.17) is 0 Å². The van der Waals surface area contributed by atoms with Gasteiger partial charge in [-0.15, -0.1) is 0 Å². The van der Waals surface area contributed by atoms with Gasteiger partial charge in [-0.3, -0.25) is 0 Å². The fourth-order valence-electron chi connectivity index (χ4n) is 8.50. The molecular formula is C27H32B2. The maximum atomic E-state index is 2.62. The average Bonchev–Trinajstić information content (AvgIpc) is 3.12. The predicted octanol–water partition coefficient (Wildman–Crippen LogP) is 5.94. The average molecular weight is 378 g/mol. The minimum atomic E-state index is 0.136. The normalized spacial score (nSPS) is 35.8. The van der Waals surface area contributed by atoms with E-state index in [2.05, 4.69) is 109 Å². The Bertz CT molecular complexity index is 1050. The number of hydrogen-bond donors (Lipinski definition) is 0. The van der Waals surface area contributed by atoms with E-state index in [0.29, 0.717) is 19.2 Å². The van der Waals surface area contributed by atoms with E-state index in [1.807, 2.05) is 0 Å². The lowest BCUT2D eigenvalue weighted by Crippen LogP contribution is -2.51. The van der Waals surface area contributed by atoms with Gasteiger partial charge in [0.25, 0.3) is 0 Å². The zero-order valence-corrected chi connectivity index (χ0v) is 19.0. The standard InChI is InChI=1S/C27H32B2/c1-18-19(2)26(6)27(7)25(5,24(18)29(26)23-16-12-9-13-17-23)20(3)21(4)28(27)22-14-10-8-11-15-22/h8-17,24H,1-7H3/t24-,25+,26+,27+/m0/s1. The zero-order valence-electron chi connectivity index (χ0n) is 19.0. The highest BCUT2D eigenvalue weighted by Crippen LogP contribution is 2.87. The van der Waals surface area contributed by atoms with Crippen molar-refractivity contribution in [1.29, 1.82) is 0 Å². The first-order chi connectivity index (χ1) is 13.7. The fraction of sp³-hybridized carbons (Fsp3) is 0.407. The van der Waals surface area contributed by atoms with Crippen LogP contribution in [0.4, 0.5) is 0 Å². The molecule has 2 aromatic carbocycles. The van der Waals surface area contributed by atoms with Gasteiger partial charge in [-0.05, 0) is 42.6 Å². The summed E-state index contributed by atoms with van der Waals surface area (Å²) in [7, 11) is 0. The number of allylic oxidation sites excluding steroid dienone is 4. The van der Waals surface area contributed by atoms with Gasteiger partial charge in [-0.25, -0.2) is 0 Å². The minimum Gasteiger partial charge on any atom is -0.0985 e. The van der Waals surface area contributed by atoms with Crippen LogP contribution in [0.1, 0.15) is 48.5 Å². The van der Waals surface area contributed by atoms with E-state index < -0.39 is 0 Å². The van der Waals surface area contributed by atoms with Gasteiger partial charge in [0.2, 0.25) is 6.71 Å². The molecule has 0 aromatic heterocycles. The Labute approximate surface area is 177 Å². The third-order valence-corrected chi connectivity index (χ3v) is 10.2. The van der Waals surface area contributed by atoms with Crippen LogP contribution in [0.5, 0.6) is 0 Å². The largest absolute Gasteiger partial charge is 0.210 e. The molecule has 0 saturated carbocycles. The van der Waals surface area contributed by atoms with Crippen LogP contribution >= 0.6 is 0 Å². The van der Waals surface area contributed by atoms with Crippen molar-refractivity contribution in [3.8, 4) is 0 Å². The smallest absolute Gasteiger partial charge is 0.0985 e. The van der Waals surface area contributed by atoms with E-state index in [0.717, 1.165) is 0 Å². The second-order valence-electron chi connectivity index (χ2n) is 10.4. The molecule has 2 aromatic rings. The first-order valence-corrected chi connectivity index (χ1v) is 11.2. The second-order valence-corrected chi connectivity index (χ2v) is 10.4. The molecule has 0 amide bonds. The molecule has 29 heavy (non-hydrogen) atoms. The molecule has 146 valence electrons. The summed E-state index contributed by atoms with van der Waals surface area (Å²) in [5, 5.41) is 0.293. The van der Waals surface area contributed by atoms with Crippen LogP contribution < -0.4 is 10.9 Å². The Morgan fingerprint density at radius 3 is 1.76 bits per heavy atom. The molecule has 0 radical (unpaired) electrons. The third-order valence-electron chi connectivity index (χ3n) is 10.2. The quantitative estimate of drug-likeness (QED) is 0.448. The Balaban J connectivity index is 1.84. The van der Waals surface area contributed by atoms with Crippen molar-refractivity contribution in [1.82, 2.24) is 0 Å². The van der Waals surface area contributed by atoms with Gasteiger partial charge in [0.15, 0.2) is 6.71 Å². The minimum absolute atomic E-state index is 0.136. The first kappa shape index (κ1) is 19.0. The summed E-state index contributed by atoms with van der Waals surface area (Å²) in [6, 6.07) is 22.7. The first-order valence-electron chi connectivity index (χ1n) is 11.2. The number of rotatable bonds is 2. The molecule has 1 fully saturated rings. The molecule has 4 atom stereocenters. The van der Waals surface area contributed by atoms with Crippen molar-refractivity contribution in [2.75, 3.05) is 0 Å². The molecule has 1 saturated heterocycles. The van der Waals surface area contributed by atoms with Crippen LogP contribution in [0.15, 0.2) is 82.9 Å². The maximum Gasteiger partial charge on any atom is 0.210 e. The molecule has 0 nitrogen and oxygen atoms in total. The van der Waals surface area contributed by atoms with Crippen LogP contribution in [0.25, 0.3) is 0 Å². The highest BCUT2D eigenvalue weighted by atomic mass is 14.7. The van der Waals surface area contributed by atoms with Crippen LogP contribution in [-0.4, -0.2) is 13.4 Å². The lowest BCUT2D eigenvalue weighted by Gasteiger charge is -2.55. The van der Waals surface area contributed by atoms with Crippen LogP contribution in [-0.2, 0) is 0 Å². The Morgan fingerprint density at radius 1 is 0.690 bits per heavy atom. The molecular weight excluding hydrogens is 346 g/mol. The lowest BCUT2D eigenvalue weighted by atomic mass is 9.17. The molecule has 0 aliphatic carbocycles. The molecule has 5 rings (SSSR count). The molecule has 0 unspecified atom stereocenters. The van der Waals surface area contributed by atoms with Crippen molar-refractivity contribution in [3.63, 3.8) is 0 Å². The summed E-state index contributed by atoms with van der Waals surface area (Å²) in [6.07, 6.45) is 0. The van der Waals surface area contributed by atoms with E-state index in [1.165, 1.54) is 10.9 Å². The van der Waals surface area contributed by atoms with Crippen LogP contribution in [0.3, 0.4) is 0 Å². The molecule has 3 aliphatic heterocycles. The van der Waals surface area contributed by atoms with E-state index >= 15 is 0 Å². The van der Waals surface area contributed by atoms with Gasteiger partial charge < -0.3 is 0 Å². The topological polar surface area (TPSA) is 0 Å². The van der Waals surface area contributed by atoms with Gasteiger partial charge in [-0.1, -0.05) is 121 Å². The zero-order chi connectivity index (χ0) is 20.8. The summed E-state index contributed by atoms with van der Waals surface area (Å²) >= 11 is 0. The van der Waals surface area contributed by atoms with Crippen molar-refractivity contribution in [2.24, 2.45) is 5.41 Å². The Hall–Kier alpha value is -1.95. The van der Waals surface area contributed by atoms with Crippen molar-refractivity contribution >= 4 is 24.4 Å². The van der Waals surface area contributed by atoms with Gasteiger partial charge in [0.1, 0.15) is 0 Å². The van der Waals surface area contributed by atoms with Gasteiger partial charge in [0.05, 0.1) is 0 Å². The van der Waals surface area contributed by atoms with E-state index in [1.54, 1.807) is 22.2 Å². The van der Waals surface area contributed by atoms with Gasteiger partial charge in [-0.2, -0.15) is 0 Å². The molecule has 0 N–H and O–H groups in total. The lowest BCUT2D eigenvalue weighted by molar-refractivity contribution is 0.253. The van der Waals surface area contributed by atoms with Crippen molar-refractivity contribution < 1.29 is 0 Å². The second kappa shape index (κ2) is 5.81. The third kappa shape index (κ3) is 1.86. The molecule has 2 heteroatoms. The van der Waals surface area contributed by atoms with Crippen LogP contribution in [0.2, 0.25) is 16.4 Å². The van der Waals surface area contributed by atoms with Gasteiger partial charge in [0, 0.05) is 0 Å². The SMILES string of the molecule is CC1=C(C)[C@]2(C)[C@H]3B(c4ccccc4)[C@](C)(C(C)=C3C)[C@]2(C)B1c1ccccc1. The maximum absolute atomic E-state index is 2.62. The number of benzene rings is 2. The number of hydrogen-bond acceptors (Lipinski definition) is 0. The van der Waals surface area contributed by atoms with Gasteiger partial charge >= 0.3 is 0 Å². The summed E-state index contributed by atoms with van der Waals surface area (Å²) in [4.78, 5) is 0. The van der Waals surface area contributed by atoms with E-state index in [9.17, 15) is 0 Å². The molecule has 0 spiro atoms. The van der Waals surface area contributed by atoms with Crippen LogP contribution in [0, 0.1) is 5.41 Å². The molecule has 3 aliphatic rings. The Kier molecular flexibility index (Phi) is 3.81. The highest BCUT2D eigenvalue weighted by molar-refractivity contribution is 6.90. The predicted molar refractivity (Wildman–Crippen MR) is 129 cm³/mol. The van der Waals surface area contributed by atoms with Crippen molar-refractivity contribution in [2.45, 2.75) is 64.9 Å². The molecule has 3 heterocycles. The molecule has 2 bridgehead atoms. The number of fused-ring (bicyclic) bond motifs is 5. The monoisotopic (exact) mass is 378 g/mol. The summed E-state index contributed by atoms with van der Waals surface area (Å²) in [5.41, 5.74) is 9.70. The van der Waals surface area contributed by atoms with E-state index in [-0.39, 0.29) is 16.0 Å². The summed E-state index contributed by atoms with van der Waals surface area (Å²) < 4.78 is 0. The highest BCUT2D eigenvalue weighted by Gasteiger charge is 2.80. The summed E-state index contributed by atoms with van der Waals surface area (Å²) in [6.45, 7) is 18.5. The fourth-order valence-corrected chi connectivity index (χ4v) is 8.50.